The third kappa shape index (κ3) is 4.50. The van der Waals surface area contributed by atoms with Crippen LogP contribution in [0, 0.1) is 13.8 Å². The smallest absolute Gasteiger partial charge is 0.273 e. The van der Waals surface area contributed by atoms with Crippen LogP contribution in [-0.4, -0.2) is 39.2 Å². The Labute approximate surface area is 191 Å². The molecular weight excluding hydrogens is 424 g/mol. The number of aryl methyl sites for hydroxylation is 3. The lowest BCUT2D eigenvalue weighted by Gasteiger charge is -2.12. The van der Waals surface area contributed by atoms with Gasteiger partial charge in [-0.05, 0) is 30.9 Å². The molecule has 0 N–H and O–H groups in total. The van der Waals surface area contributed by atoms with Crippen molar-refractivity contribution in [3.05, 3.63) is 52.4 Å². The molecule has 0 aliphatic carbocycles. The number of aromatic nitrogens is 4. The van der Waals surface area contributed by atoms with Gasteiger partial charge in [0.05, 0.1) is 12.5 Å². The Morgan fingerprint density at radius 2 is 1.94 bits per heavy atom. The molecule has 0 bridgehead atoms. The third-order valence-electron chi connectivity index (χ3n) is 5.43. The second-order valence-corrected chi connectivity index (χ2v) is 8.81. The van der Waals surface area contributed by atoms with E-state index in [1.807, 2.05) is 25.4 Å². The average molecular weight is 451 g/mol. The van der Waals surface area contributed by atoms with Gasteiger partial charge in [-0.3, -0.25) is 4.79 Å². The van der Waals surface area contributed by atoms with Gasteiger partial charge in [0.25, 0.3) is 5.19 Å². The van der Waals surface area contributed by atoms with E-state index in [0.29, 0.717) is 23.1 Å². The zero-order chi connectivity index (χ0) is 22.8. The highest BCUT2D eigenvalue weighted by molar-refractivity contribution is 7.11. The van der Waals surface area contributed by atoms with Crippen LogP contribution >= 0.6 is 11.3 Å². The number of ether oxygens (including phenoxy) is 2. The van der Waals surface area contributed by atoms with E-state index in [4.69, 9.17) is 9.47 Å². The average Bonchev–Trinajstić information content (AvgIpc) is 3.37. The van der Waals surface area contributed by atoms with Crippen molar-refractivity contribution < 1.29 is 14.3 Å². The zero-order valence-electron chi connectivity index (χ0n) is 18.9. The van der Waals surface area contributed by atoms with Crippen molar-refractivity contribution in [2.45, 2.75) is 33.1 Å². The first-order chi connectivity index (χ1) is 15.4. The largest absolute Gasteiger partial charge is 0.473 e. The first-order valence-corrected chi connectivity index (χ1v) is 11.3. The monoisotopic (exact) mass is 450 g/mol. The van der Waals surface area contributed by atoms with E-state index < -0.39 is 0 Å². The minimum atomic E-state index is -0.0118. The van der Waals surface area contributed by atoms with Crippen LogP contribution in [0.5, 0.6) is 11.1 Å². The van der Waals surface area contributed by atoms with E-state index in [1.165, 1.54) is 16.9 Å². The molecule has 0 saturated heterocycles. The molecule has 0 unspecified atom stereocenters. The molecule has 0 fully saturated rings. The van der Waals surface area contributed by atoms with Crippen molar-refractivity contribution in [3.63, 3.8) is 0 Å². The highest BCUT2D eigenvalue weighted by Crippen LogP contribution is 2.33. The number of pyridine rings is 1. The van der Waals surface area contributed by atoms with Gasteiger partial charge in [-0.1, -0.05) is 48.1 Å². The topological polar surface area (TPSA) is 79.1 Å². The molecule has 0 radical (unpaired) electrons. The van der Waals surface area contributed by atoms with E-state index in [2.05, 4.69) is 53.2 Å². The lowest BCUT2D eigenvalue weighted by molar-refractivity contribution is -0.121. The standard InChI is InChI=1S/C24H26N4O3S/c1-14-6-8-17(9-7-14)15(2)10-18(29)12-31-20-11-16(3)21-22(27-28(4)23(21)26-20)19-13-32-24(25-19)30-5/h6-9,11,13,15H,10,12H2,1-5H3/t15-/m1/s1. The summed E-state index contributed by atoms with van der Waals surface area (Å²) in [4.78, 5) is 21.6. The maximum atomic E-state index is 12.5. The lowest BCUT2D eigenvalue weighted by atomic mass is 9.95. The van der Waals surface area contributed by atoms with Gasteiger partial charge in [0.1, 0.15) is 18.0 Å². The summed E-state index contributed by atoms with van der Waals surface area (Å²) in [5, 5.41) is 8.01. The minimum absolute atomic E-state index is 0.0118. The number of hydrogen-bond acceptors (Lipinski definition) is 7. The summed E-state index contributed by atoms with van der Waals surface area (Å²) in [7, 11) is 3.43. The van der Waals surface area contributed by atoms with Crippen molar-refractivity contribution in [1.29, 1.82) is 0 Å². The number of hydrogen-bond donors (Lipinski definition) is 0. The second kappa shape index (κ2) is 9.08. The predicted octanol–water partition coefficient (Wildman–Crippen LogP) is 4.86. The first-order valence-electron chi connectivity index (χ1n) is 10.4. The lowest BCUT2D eigenvalue weighted by Crippen LogP contribution is -2.14. The predicted molar refractivity (Wildman–Crippen MR) is 126 cm³/mol. The maximum absolute atomic E-state index is 12.5. The van der Waals surface area contributed by atoms with Gasteiger partial charge in [0.15, 0.2) is 11.4 Å². The number of Topliss-reactive ketones (excluding diaryl/α,β-unsaturated/α-hetero) is 1. The Hall–Kier alpha value is -3.26. The summed E-state index contributed by atoms with van der Waals surface area (Å²) in [5.41, 5.74) is 5.50. The highest BCUT2D eigenvalue weighted by Gasteiger charge is 2.19. The summed E-state index contributed by atoms with van der Waals surface area (Å²) in [5.74, 6) is 0.591. The van der Waals surface area contributed by atoms with E-state index in [0.717, 1.165) is 27.9 Å². The Kier molecular flexibility index (Phi) is 6.23. The van der Waals surface area contributed by atoms with Crippen LogP contribution in [0.2, 0.25) is 0 Å². The Morgan fingerprint density at radius 3 is 2.62 bits per heavy atom. The number of nitrogens with zero attached hydrogens (tertiary/aromatic N) is 4. The van der Waals surface area contributed by atoms with Crippen LogP contribution in [0.1, 0.15) is 36.0 Å². The summed E-state index contributed by atoms with van der Waals surface area (Å²) in [6.07, 6.45) is 0.422. The SMILES string of the molecule is COc1nc(-c2nn(C)c3nc(OCC(=O)C[C@@H](C)c4ccc(C)cc4)cc(C)c23)cs1. The van der Waals surface area contributed by atoms with Crippen LogP contribution in [-0.2, 0) is 11.8 Å². The van der Waals surface area contributed by atoms with Gasteiger partial charge < -0.3 is 9.47 Å². The number of ketones is 1. The number of benzene rings is 1. The summed E-state index contributed by atoms with van der Waals surface area (Å²) in [6.45, 7) is 6.08. The molecule has 3 heterocycles. The van der Waals surface area contributed by atoms with Gasteiger partial charge in [0.2, 0.25) is 5.88 Å². The van der Waals surface area contributed by atoms with E-state index in [9.17, 15) is 4.79 Å². The molecule has 0 saturated carbocycles. The maximum Gasteiger partial charge on any atom is 0.273 e. The van der Waals surface area contributed by atoms with Crippen molar-refractivity contribution in [3.8, 4) is 22.5 Å². The molecule has 1 aromatic carbocycles. The molecule has 0 spiro atoms. The van der Waals surface area contributed by atoms with Crippen molar-refractivity contribution in [2.24, 2.45) is 7.05 Å². The second-order valence-electron chi connectivity index (χ2n) is 7.99. The molecule has 32 heavy (non-hydrogen) atoms. The molecule has 7 nitrogen and oxygen atoms in total. The molecule has 0 aliphatic rings. The van der Waals surface area contributed by atoms with Gasteiger partial charge in [-0.2, -0.15) is 10.1 Å². The Balaban J connectivity index is 1.48. The Morgan fingerprint density at radius 1 is 1.19 bits per heavy atom. The minimum Gasteiger partial charge on any atom is -0.473 e. The summed E-state index contributed by atoms with van der Waals surface area (Å²) >= 11 is 1.42. The normalized spacial score (nSPS) is 12.2. The number of carbonyl (C=O) groups is 1. The molecule has 4 rings (SSSR count). The number of thiazole rings is 1. The first kappa shape index (κ1) is 22.0. The van der Waals surface area contributed by atoms with E-state index >= 15 is 0 Å². The highest BCUT2D eigenvalue weighted by atomic mass is 32.1. The summed E-state index contributed by atoms with van der Waals surface area (Å²) in [6, 6.07) is 10.1. The van der Waals surface area contributed by atoms with Crippen molar-refractivity contribution in [2.75, 3.05) is 13.7 Å². The van der Waals surface area contributed by atoms with Crippen molar-refractivity contribution >= 4 is 28.2 Å². The van der Waals surface area contributed by atoms with Crippen LogP contribution in [0.4, 0.5) is 0 Å². The van der Waals surface area contributed by atoms with Crippen LogP contribution < -0.4 is 9.47 Å². The van der Waals surface area contributed by atoms with Crippen LogP contribution in [0.15, 0.2) is 35.7 Å². The fourth-order valence-corrected chi connectivity index (χ4v) is 4.31. The van der Waals surface area contributed by atoms with Gasteiger partial charge >= 0.3 is 0 Å². The zero-order valence-corrected chi connectivity index (χ0v) is 19.7. The van der Waals surface area contributed by atoms with Gasteiger partial charge in [-0.25, -0.2) is 9.67 Å². The molecule has 0 amide bonds. The van der Waals surface area contributed by atoms with Crippen LogP contribution in [0.3, 0.4) is 0 Å². The fourth-order valence-electron chi connectivity index (χ4n) is 3.68. The fraction of sp³-hybridized carbons (Fsp3) is 0.333. The van der Waals surface area contributed by atoms with Crippen LogP contribution in [0.25, 0.3) is 22.4 Å². The van der Waals surface area contributed by atoms with Gasteiger partial charge in [-0.15, -0.1) is 0 Å². The third-order valence-corrected chi connectivity index (χ3v) is 6.23. The molecule has 8 heteroatoms. The van der Waals surface area contributed by atoms with Gasteiger partial charge in [0, 0.05) is 24.9 Å². The van der Waals surface area contributed by atoms with E-state index in [-0.39, 0.29) is 18.3 Å². The summed E-state index contributed by atoms with van der Waals surface area (Å²) < 4.78 is 12.7. The molecule has 166 valence electrons. The molecule has 4 aromatic rings. The molecule has 1 atom stereocenters. The number of fused-ring (bicyclic) bond motifs is 1. The Bertz CT molecular complexity index is 1260. The number of carbonyl (C=O) groups excluding carboxylic acids is 1. The molecule has 0 aliphatic heterocycles. The van der Waals surface area contributed by atoms with E-state index in [1.54, 1.807) is 11.8 Å². The quantitative estimate of drug-likeness (QED) is 0.381. The number of rotatable bonds is 8. The number of methoxy groups -OCH3 is 1. The molecular formula is C24H26N4O3S. The van der Waals surface area contributed by atoms with Crippen molar-refractivity contribution in [1.82, 2.24) is 19.7 Å². The molecule has 3 aromatic heterocycles.